The van der Waals surface area contributed by atoms with Crippen molar-refractivity contribution in [2.75, 3.05) is 5.32 Å². The number of aromatic nitrogens is 4. The van der Waals surface area contributed by atoms with E-state index in [4.69, 9.17) is 0 Å². The van der Waals surface area contributed by atoms with Crippen LogP contribution >= 0.6 is 11.5 Å². The maximum atomic E-state index is 12.9. The van der Waals surface area contributed by atoms with E-state index in [-0.39, 0.29) is 10.8 Å². The number of hydrogen-bond donors (Lipinski definition) is 1. The Hall–Kier alpha value is -2.82. The van der Waals surface area contributed by atoms with Crippen LogP contribution < -0.4 is 5.32 Å². The van der Waals surface area contributed by atoms with E-state index in [1.165, 1.54) is 30.3 Å². The Morgan fingerprint density at radius 2 is 1.92 bits per heavy atom. The van der Waals surface area contributed by atoms with Gasteiger partial charge in [0.2, 0.25) is 5.13 Å². The van der Waals surface area contributed by atoms with Gasteiger partial charge >= 0.3 is 6.18 Å². The zero-order valence-corrected chi connectivity index (χ0v) is 13.1. The van der Waals surface area contributed by atoms with E-state index >= 15 is 0 Å². The van der Waals surface area contributed by atoms with E-state index in [1.807, 2.05) is 0 Å². The molecule has 0 saturated heterocycles. The molecule has 3 rings (SSSR count). The topological polar surface area (TPSA) is 72.7 Å². The highest BCUT2D eigenvalue weighted by molar-refractivity contribution is 7.10. The minimum absolute atomic E-state index is 0.148. The van der Waals surface area contributed by atoms with Gasteiger partial charge in [0.25, 0.3) is 5.91 Å². The molecule has 0 atom stereocenters. The van der Waals surface area contributed by atoms with Crippen molar-refractivity contribution in [2.24, 2.45) is 0 Å². The van der Waals surface area contributed by atoms with Crippen LogP contribution in [-0.4, -0.2) is 31.2 Å². The third-order valence-electron chi connectivity index (χ3n) is 2.96. The number of carbonyl (C=O) groups is 1. The zero-order valence-electron chi connectivity index (χ0n) is 12.3. The van der Waals surface area contributed by atoms with Gasteiger partial charge < -0.3 is 0 Å². The van der Waals surface area contributed by atoms with E-state index < -0.39 is 24.4 Å². The Bertz CT molecular complexity index is 887. The molecule has 25 heavy (non-hydrogen) atoms. The van der Waals surface area contributed by atoms with Gasteiger partial charge in [0.15, 0.2) is 11.5 Å². The van der Waals surface area contributed by atoms with Crippen LogP contribution in [-0.2, 0) is 6.54 Å². The van der Waals surface area contributed by atoms with E-state index in [2.05, 4.69) is 19.8 Å². The Kier molecular flexibility index (Phi) is 4.49. The molecule has 6 nitrogen and oxygen atoms in total. The SMILES string of the molecule is O=C(Nc1nc(-c2ccc(F)cc2)ns1)c1ccn(CC(F)(F)F)n1. The maximum Gasteiger partial charge on any atom is 0.408 e. The molecule has 0 unspecified atom stereocenters. The fraction of sp³-hybridized carbons (Fsp3) is 0.143. The number of rotatable bonds is 4. The highest BCUT2D eigenvalue weighted by Gasteiger charge is 2.28. The van der Waals surface area contributed by atoms with Crippen molar-refractivity contribution in [3.63, 3.8) is 0 Å². The van der Waals surface area contributed by atoms with Gasteiger partial charge in [-0.15, -0.1) is 0 Å². The smallest absolute Gasteiger partial charge is 0.295 e. The summed E-state index contributed by atoms with van der Waals surface area (Å²) >= 11 is 0.887. The summed E-state index contributed by atoms with van der Waals surface area (Å²) in [6.07, 6.45) is -3.37. The van der Waals surface area contributed by atoms with Crippen molar-refractivity contribution < 1.29 is 22.4 Å². The number of benzene rings is 1. The summed E-state index contributed by atoms with van der Waals surface area (Å²) in [6.45, 7) is -1.28. The molecule has 1 amide bonds. The summed E-state index contributed by atoms with van der Waals surface area (Å²) in [7, 11) is 0. The predicted octanol–water partition coefficient (Wildman–Crippen LogP) is 3.36. The molecular weight excluding hydrogens is 362 g/mol. The highest BCUT2D eigenvalue weighted by atomic mass is 32.1. The first-order valence-corrected chi connectivity index (χ1v) is 7.59. The molecule has 0 aliphatic heterocycles. The summed E-state index contributed by atoms with van der Waals surface area (Å²) in [5, 5.41) is 6.12. The van der Waals surface area contributed by atoms with Crippen LogP contribution in [0.1, 0.15) is 10.5 Å². The van der Waals surface area contributed by atoms with Gasteiger partial charge in [0.05, 0.1) is 0 Å². The first kappa shape index (κ1) is 17.0. The van der Waals surface area contributed by atoms with Gasteiger partial charge in [-0.1, -0.05) is 0 Å². The number of alkyl halides is 3. The lowest BCUT2D eigenvalue weighted by Gasteiger charge is -2.05. The van der Waals surface area contributed by atoms with Crippen LogP contribution in [0.15, 0.2) is 36.5 Å². The average molecular weight is 371 g/mol. The molecule has 130 valence electrons. The molecule has 0 aliphatic rings. The van der Waals surface area contributed by atoms with E-state index in [9.17, 15) is 22.4 Å². The zero-order chi connectivity index (χ0) is 18.0. The fourth-order valence-corrected chi connectivity index (χ4v) is 2.49. The summed E-state index contributed by atoms with van der Waals surface area (Å²) in [6, 6.07) is 6.65. The van der Waals surface area contributed by atoms with Crippen molar-refractivity contribution in [1.29, 1.82) is 0 Å². The molecule has 0 spiro atoms. The largest absolute Gasteiger partial charge is 0.408 e. The molecule has 11 heteroatoms. The highest BCUT2D eigenvalue weighted by Crippen LogP contribution is 2.22. The molecule has 1 aromatic carbocycles. The summed E-state index contributed by atoms with van der Waals surface area (Å²) in [5.41, 5.74) is 0.385. The monoisotopic (exact) mass is 371 g/mol. The lowest BCUT2D eigenvalue weighted by Crippen LogP contribution is -2.19. The number of hydrogen-bond acceptors (Lipinski definition) is 5. The predicted molar refractivity (Wildman–Crippen MR) is 81.5 cm³/mol. The lowest BCUT2D eigenvalue weighted by molar-refractivity contribution is -0.142. The molecule has 2 heterocycles. The minimum Gasteiger partial charge on any atom is -0.295 e. The normalized spacial score (nSPS) is 11.5. The van der Waals surface area contributed by atoms with Gasteiger partial charge in [-0.3, -0.25) is 14.8 Å². The van der Waals surface area contributed by atoms with Crippen LogP contribution in [0.4, 0.5) is 22.7 Å². The number of nitrogens with one attached hydrogen (secondary N) is 1. The molecule has 1 N–H and O–H groups in total. The minimum atomic E-state index is -4.43. The van der Waals surface area contributed by atoms with Gasteiger partial charge in [0, 0.05) is 23.3 Å². The van der Waals surface area contributed by atoms with Crippen molar-refractivity contribution in [1.82, 2.24) is 19.1 Å². The molecule has 0 saturated carbocycles. The van der Waals surface area contributed by atoms with Crippen LogP contribution in [0.2, 0.25) is 0 Å². The molecule has 0 bridgehead atoms. The standard InChI is InChI=1S/C14H9F4N5OS/c15-9-3-1-8(2-4-9)11-19-13(25-22-11)20-12(24)10-5-6-23(21-10)7-14(16,17)18/h1-6H,7H2,(H,19,20,22,24). The van der Waals surface area contributed by atoms with Gasteiger partial charge in [0.1, 0.15) is 12.4 Å². The maximum absolute atomic E-state index is 12.9. The molecular formula is C14H9F4N5OS. The van der Waals surface area contributed by atoms with Crippen LogP contribution in [0, 0.1) is 5.82 Å². The number of nitrogens with zero attached hydrogens (tertiary/aromatic N) is 4. The van der Waals surface area contributed by atoms with E-state index in [1.54, 1.807) is 0 Å². The van der Waals surface area contributed by atoms with Crippen molar-refractivity contribution in [3.8, 4) is 11.4 Å². The van der Waals surface area contributed by atoms with Crippen molar-refractivity contribution in [3.05, 3.63) is 48.0 Å². The number of carbonyl (C=O) groups excluding carboxylic acids is 1. The molecule has 0 fully saturated rings. The van der Waals surface area contributed by atoms with Gasteiger partial charge in [-0.2, -0.15) is 27.6 Å². The first-order chi connectivity index (χ1) is 11.8. The van der Waals surface area contributed by atoms with Crippen LogP contribution in [0.25, 0.3) is 11.4 Å². The third kappa shape index (κ3) is 4.38. The van der Waals surface area contributed by atoms with E-state index in [0.717, 1.165) is 17.7 Å². The average Bonchev–Trinajstić information content (AvgIpc) is 3.16. The Balaban J connectivity index is 1.68. The van der Waals surface area contributed by atoms with E-state index in [0.29, 0.717) is 16.1 Å². The Morgan fingerprint density at radius 3 is 2.60 bits per heavy atom. The summed E-state index contributed by atoms with van der Waals surface area (Å²) < 4.78 is 54.4. The third-order valence-corrected chi connectivity index (χ3v) is 3.59. The summed E-state index contributed by atoms with van der Waals surface area (Å²) in [4.78, 5) is 16.1. The van der Waals surface area contributed by atoms with Gasteiger partial charge in [-0.05, 0) is 30.3 Å². The number of amides is 1. The number of anilines is 1. The molecule has 3 aromatic rings. The van der Waals surface area contributed by atoms with Crippen LogP contribution in [0.5, 0.6) is 0 Å². The van der Waals surface area contributed by atoms with Gasteiger partial charge in [-0.25, -0.2) is 4.39 Å². The molecule has 0 aliphatic carbocycles. The second kappa shape index (κ2) is 6.59. The first-order valence-electron chi connectivity index (χ1n) is 6.81. The molecule has 2 aromatic heterocycles. The van der Waals surface area contributed by atoms with Crippen molar-refractivity contribution >= 4 is 22.6 Å². The lowest BCUT2D eigenvalue weighted by atomic mass is 10.2. The fourth-order valence-electron chi connectivity index (χ4n) is 1.91. The molecule has 0 radical (unpaired) electrons. The Morgan fingerprint density at radius 1 is 1.20 bits per heavy atom. The second-order valence-electron chi connectivity index (χ2n) is 4.90. The van der Waals surface area contributed by atoms with Crippen LogP contribution in [0.3, 0.4) is 0 Å². The van der Waals surface area contributed by atoms with Crippen molar-refractivity contribution in [2.45, 2.75) is 12.7 Å². The Labute approximate surface area is 142 Å². The number of halogens is 4. The second-order valence-corrected chi connectivity index (χ2v) is 5.65. The quantitative estimate of drug-likeness (QED) is 0.714. The summed E-state index contributed by atoms with van der Waals surface area (Å²) in [5.74, 6) is -0.812.